The Kier molecular flexibility index (Phi) is 3.35. The molecular formula is C15H16N4O. The number of rotatable bonds is 4. The van der Waals surface area contributed by atoms with E-state index in [1.807, 2.05) is 38.2 Å². The van der Waals surface area contributed by atoms with Gasteiger partial charge in [0.25, 0.3) is 0 Å². The summed E-state index contributed by atoms with van der Waals surface area (Å²) in [7, 11) is 1.85. The van der Waals surface area contributed by atoms with E-state index in [-0.39, 0.29) is 6.04 Å². The first-order valence-electron chi connectivity index (χ1n) is 6.53. The van der Waals surface area contributed by atoms with Gasteiger partial charge in [0.15, 0.2) is 0 Å². The van der Waals surface area contributed by atoms with E-state index in [2.05, 4.69) is 39.0 Å². The number of nitrogens with one attached hydrogen (secondary N) is 2. The number of hydrogen-bond acceptors (Lipinski definition) is 5. The van der Waals surface area contributed by atoms with Crippen LogP contribution in [0.2, 0.25) is 0 Å². The fraction of sp³-hybridized carbons (Fsp3) is 0.200. The molecule has 102 valence electrons. The van der Waals surface area contributed by atoms with E-state index in [9.17, 15) is 0 Å². The largest absolute Gasteiger partial charge is 0.406 e. The van der Waals surface area contributed by atoms with E-state index >= 15 is 0 Å². The van der Waals surface area contributed by atoms with E-state index in [1.165, 1.54) is 5.39 Å². The Morgan fingerprint density at radius 3 is 2.70 bits per heavy atom. The van der Waals surface area contributed by atoms with Crippen LogP contribution in [0.25, 0.3) is 10.8 Å². The molecule has 20 heavy (non-hydrogen) atoms. The third-order valence-electron chi connectivity index (χ3n) is 3.28. The average Bonchev–Trinajstić information content (AvgIpc) is 2.95. The van der Waals surface area contributed by atoms with Crippen molar-refractivity contribution in [2.24, 2.45) is 0 Å². The van der Waals surface area contributed by atoms with Crippen LogP contribution >= 0.6 is 0 Å². The van der Waals surface area contributed by atoms with Crippen molar-refractivity contribution < 1.29 is 4.42 Å². The second-order valence-electron chi connectivity index (χ2n) is 4.61. The smallest absolute Gasteiger partial charge is 0.320 e. The molecule has 1 heterocycles. The zero-order chi connectivity index (χ0) is 13.9. The molecule has 0 fully saturated rings. The molecule has 3 rings (SSSR count). The first-order chi connectivity index (χ1) is 9.78. The highest BCUT2D eigenvalue weighted by Gasteiger charge is 2.12. The number of fused-ring (bicyclic) bond motifs is 1. The van der Waals surface area contributed by atoms with Gasteiger partial charge in [-0.05, 0) is 25.4 Å². The van der Waals surface area contributed by atoms with Gasteiger partial charge < -0.3 is 15.1 Å². The summed E-state index contributed by atoms with van der Waals surface area (Å²) in [5.41, 5.74) is 0.954. The molecule has 0 amide bonds. The maximum Gasteiger partial charge on any atom is 0.320 e. The van der Waals surface area contributed by atoms with Gasteiger partial charge in [-0.3, -0.25) is 0 Å². The van der Waals surface area contributed by atoms with Crippen molar-refractivity contribution in [3.63, 3.8) is 0 Å². The summed E-state index contributed by atoms with van der Waals surface area (Å²) >= 11 is 0. The van der Waals surface area contributed by atoms with Gasteiger partial charge in [0, 0.05) is 5.39 Å². The zero-order valence-corrected chi connectivity index (χ0v) is 11.4. The van der Waals surface area contributed by atoms with Crippen molar-refractivity contribution in [2.45, 2.75) is 13.0 Å². The Hall–Kier alpha value is -2.40. The fourth-order valence-electron chi connectivity index (χ4n) is 2.03. The molecule has 5 nitrogen and oxygen atoms in total. The number of nitrogens with zero attached hydrogens (tertiary/aromatic N) is 2. The molecule has 1 aromatic heterocycles. The van der Waals surface area contributed by atoms with E-state index in [4.69, 9.17) is 4.42 Å². The molecule has 2 aromatic carbocycles. The van der Waals surface area contributed by atoms with Gasteiger partial charge in [0.2, 0.25) is 5.89 Å². The highest BCUT2D eigenvalue weighted by Crippen LogP contribution is 2.26. The van der Waals surface area contributed by atoms with Crippen molar-refractivity contribution >= 4 is 22.5 Å². The number of anilines is 2. The minimum Gasteiger partial charge on any atom is -0.406 e. The topological polar surface area (TPSA) is 63.0 Å². The first-order valence-corrected chi connectivity index (χ1v) is 6.53. The lowest BCUT2D eigenvalue weighted by molar-refractivity contribution is 0.443. The van der Waals surface area contributed by atoms with Crippen LogP contribution in [0.5, 0.6) is 0 Å². The minimum absolute atomic E-state index is 0.0329. The molecule has 0 aliphatic carbocycles. The predicted molar refractivity (Wildman–Crippen MR) is 79.0 cm³/mol. The summed E-state index contributed by atoms with van der Waals surface area (Å²) in [5.74, 6) is 0.565. The molecule has 0 radical (unpaired) electrons. The lowest BCUT2D eigenvalue weighted by Gasteiger charge is -2.06. The Morgan fingerprint density at radius 1 is 1.05 bits per heavy atom. The maximum atomic E-state index is 5.59. The van der Waals surface area contributed by atoms with Gasteiger partial charge in [-0.25, -0.2) is 0 Å². The van der Waals surface area contributed by atoms with Gasteiger partial charge in [0.1, 0.15) is 0 Å². The SMILES string of the molecule is CNC(C)c1nnc(Nc2cccc3ccccc23)o1. The normalized spacial score (nSPS) is 12.5. The monoisotopic (exact) mass is 268 g/mol. The van der Waals surface area contributed by atoms with Crippen molar-refractivity contribution in [1.82, 2.24) is 15.5 Å². The quantitative estimate of drug-likeness (QED) is 0.760. The Balaban J connectivity index is 1.91. The summed E-state index contributed by atoms with van der Waals surface area (Å²) in [5, 5.41) is 16.6. The van der Waals surface area contributed by atoms with Gasteiger partial charge in [0.05, 0.1) is 11.7 Å². The van der Waals surface area contributed by atoms with Crippen molar-refractivity contribution in [2.75, 3.05) is 12.4 Å². The summed E-state index contributed by atoms with van der Waals surface area (Å²) in [6.45, 7) is 1.97. The highest BCUT2D eigenvalue weighted by atomic mass is 16.4. The van der Waals surface area contributed by atoms with Crippen LogP contribution in [0.15, 0.2) is 46.9 Å². The Bertz CT molecular complexity index is 717. The molecule has 1 atom stereocenters. The van der Waals surface area contributed by atoms with Gasteiger partial charge in [-0.1, -0.05) is 41.5 Å². The van der Waals surface area contributed by atoms with Gasteiger partial charge in [-0.15, -0.1) is 5.10 Å². The van der Waals surface area contributed by atoms with Gasteiger partial charge >= 0.3 is 6.01 Å². The molecule has 0 aliphatic rings. The summed E-state index contributed by atoms with van der Waals surface area (Å²) < 4.78 is 5.59. The summed E-state index contributed by atoms with van der Waals surface area (Å²) in [6, 6.07) is 14.7. The van der Waals surface area contributed by atoms with E-state index in [0.29, 0.717) is 11.9 Å². The lowest BCUT2D eigenvalue weighted by Crippen LogP contribution is -2.12. The molecule has 0 bridgehead atoms. The molecule has 0 aliphatic heterocycles. The third kappa shape index (κ3) is 2.35. The molecule has 0 saturated carbocycles. The van der Waals surface area contributed by atoms with E-state index < -0.39 is 0 Å². The molecule has 1 unspecified atom stereocenters. The summed E-state index contributed by atoms with van der Waals surface area (Å²) in [6.07, 6.45) is 0. The fourth-order valence-corrected chi connectivity index (χ4v) is 2.03. The standard InChI is InChI=1S/C15H16N4O/c1-10(16-2)14-18-19-15(20-14)17-13-9-5-7-11-6-3-4-8-12(11)13/h3-10,16H,1-2H3,(H,17,19). The number of benzene rings is 2. The van der Waals surface area contributed by atoms with Gasteiger partial charge in [-0.2, -0.15) is 0 Å². The molecule has 5 heteroatoms. The van der Waals surface area contributed by atoms with Crippen LogP contribution in [0.3, 0.4) is 0 Å². The Labute approximate surface area is 117 Å². The van der Waals surface area contributed by atoms with Crippen LogP contribution in [0, 0.1) is 0 Å². The van der Waals surface area contributed by atoms with Crippen LogP contribution in [0.1, 0.15) is 18.9 Å². The second kappa shape index (κ2) is 5.30. The van der Waals surface area contributed by atoms with Crippen molar-refractivity contribution in [3.8, 4) is 0 Å². The van der Waals surface area contributed by atoms with Crippen LogP contribution in [-0.2, 0) is 0 Å². The highest BCUT2D eigenvalue weighted by molar-refractivity contribution is 5.94. The minimum atomic E-state index is 0.0329. The molecule has 3 aromatic rings. The second-order valence-corrected chi connectivity index (χ2v) is 4.61. The van der Waals surface area contributed by atoms with E-state index in [0.717, 1.165) is 11.1 Å². The third-order valence-corrected chi connectivity index (χ3v) is 3.28. The van der Waals surface area contributed by atoms with Crippen molar-refractivity contribution in [3.05, 3.63) is 48.4 Å². The zero-order valence-electron chi connectivity index (χ0n) is 11.4. The number of aromatic nitrogens is 2. The maximum absolute atomic E-state index is 5.59. The van der Waals surface area contributed by atoms with Crippen LogP contribution in [-0.4, -0.2) is 17.2 Å². The summed E-state index contributed by atoms with van der Waals surface area (Å²) in [4.78, 5) is 0. The molecule has 2 N–H and O–H groups in total. The molecule has 0 saturated heterocycles. The average molecular weight is 268 g/mol. The van der Waals surface area contributed by atoms with Crippen LogP contribution < -0.4 is 10.6 Å². The van der Waals surface area contributed by atoms with Crippen LogP contribution in [0.4, 0.5) is 11.7 Å². The Morgan fingerprint density at radius 2 is 1.85 bits per heavy atom. The predicted octanol–water partition coefficient (Wildman–Crippen LogP) is 3.25. The van der Waals surface area contributed by atoms with E-state index in [1.54, 1.807) is 0 Å². The van der Waals surface area contributed by atoms with Crippen molar-refractivity contribution in [1.29, 1.82) is 0 Å². The molecule has 0 spiro atoms. The number of hydrogen-bond donors (Lipinski definition) is 2. The lowest BCUT2D eigenvalue weighted by atomic mass is 10.1. The first kappa shape index (κ1) is 12.6. The molecular weight excluding hydrogens is 252 g/mol.